The van der Waals surface area contributed by atoms with Crippen molar-refractivity contribution in [1.82, 2.24) is 0 Å². The lowest BCUT2D eigenvalue weighted by atomic mass is 10.2. The molecule has 0 aliphatic rings. The van der Waals surface area contributed by atoms with Crippen LogP contribution in [0.3, 0.4) is 0 Å². The van der Waals surface area contributed by atoms with Crippen molar-refractivity contribution >= 4 is 17.3 Å². The molecule has 0 aliphatic carbocycles. The molecule has 0 bridgehead atoms. The summed E-state index contributed by atoms with van der Waals surface area (Å²) in [5, 5.41) is 0.665. The fourth-order valence-electron chi connectivity index (χ4n) is 1.62. The topological polar surface area (TPSA) is 44.5 Å². The van der Waals surface area contributed by atoms with Gasteiger partial charge in [-0.05, 0) is 35.9 Å². The summed E-state index contributed by atoms with van der Waals surface area (Å²) in [4.78, 5) is 0. The Labute approximate surface area is 117 Å². The van der Waals surface area contributed by atoms with Gasteiger partial charge in [-0.15, -0.1) is 0 Å². The van der Waals surface area contributed by atoms with Gasteiger partial charge in [-0.1, -0.05) is 29.8 Å². The molecule has 4 heteroatoms. The molecule has 0 aliphatic heterocycles. The van der Waals surface area contributed by atoms with E-state index in [9.17, 15) is 0 Å². The van der Waals surface area contributed by atoms with Crippen molar-refractivity contribution < 1.29 is 9.47 Å². The Morgan fingerprint density at radius 1 is 1.00 bits per heavy atom. The minimum absolute atomic E-state index is 0.433. The molecule has 0 atom stereocenters. The summed E-state index contributed by atoms with van der Waals surface area (Å²) < 4.78 is 11.0. The Balaban J connectivity index is 1.71. The first-order valence-electron chi connectivity index (χ1n) is 6.05. The lowest BCUT2D eigenvalue weighted by molar-refractivity contribution is 0.0890. The highest BCUT2D eigenvalue weighted by molar-refractivity contribution is 6.31. The largest absolute Gasteiger partial charge is 0.491 e. The summed E-state index contributed by atoms with van der Waals surface area (Å²) in [7, 11) is 0. The number of anilines is 1. The van der Waals surface area contributed by atoms with Crippen LogP contribution in [0.4, 0.5) is 5.69 Å². The third kappa shape index (κ3) is 4.47. The Morgan fingerprint density at radius 3 is 2.58 bits per heavy atom. The minimum Gasteiger partial charge on any atom is -0.491 e. The van der Waals surface area contributed by atoms with Crippen molar-refractivity contribution in [1.29, 1.82) is 0 Å². The van der Waals surface area contributed by atoms with E-state index in [1.165, 1.54) is 0 Å². The zero-order valence-corrected chi connectivity index (χ0v) is 11.3. The zero-order chi connectivity index (χ0) is 13.5. The number of rotatable bonds is 6. The second kappa shape index (κ2) is 7.02. The predicted molar refractivity (Wildman–Crippen MR) is 77.5 cm³/mol. The lowest BCUT2D eigenvalue weighted by Gasteiger charge is -2.08. The smallest absolute Gasteiger partial charge is 0.119 e. The van der Waals surface area contributed by atoms with E-state index in [1.807, 2.05) is 36.4 Å². The average molecular weight is 278 g/mol. The summed E-state index contributed by atoms with van der Waals surface area (Å²) in [6.45, 7) is 1.44. The number of halogens is 1. The van der Waals surface area contributed by atoms with Crippen LogP contribution in [0.25, 0.3) is 0 Å². The molecule has 0 fully saturated rings. The Hall–Kier alpha value is -1.71. The predicted octanol–water partition coefficient (Wildman–Crippen LogP) is 3.52. The monoisotopic (exact) mass is 277 g/mol. The third-order valence-corrected chi connectivity index (χ3v) is 2.94. The molecule has 2 N–H and O–H groups in total. The molecule has 0 heterocycles. The number of nitrogen functional groups attached to an aromatic ring is 1. The van der Waals surface area contributed by atoms with E-state index in [2.05, 4.69) is 0 Å². The van der Waals surface area contributed by atoms with E-state index < -0.39 is 0 Å². The number of benzene rings is 2. The van der Waals surface area contributed by atoms with E-state index >= 15 is 0 Å². The summed E-state index contributed by atoms with van der Waals surface area (Å²) >= 11 is 6.04. The molecule has 2 aromatic rings. The van der Waals surface area contributed by atoms with Crippen molar-refractivity contribution in [2.75, 3.05) is 18.9 Å². The first-order valence-corrected chi connectivity index (χ1v) is 6.43. The van der Waals surface area contributed by atoms with Crippen molar-refractivity contribution in [2.45, 2.75) is 6.61 Å². The maximum atomic E-state index is 6.04. The summed E-state index contributed by atoms with van der Waals surface area (Å²) in [5.41, 5.74) is 7.27. The highest BCUT2D eigenvalue weighted by Gasteiger charge is 2.01. The van der Waals surface area contributed by atoms with Crippen LogP contribution in [0, 0.1) is 0 Å². The van der Waals surface area contributed by atoms with Gasteiger partial charge in [0.25, 0.3) is 0 Å². The van der Waals surface area contributed by atoms with E-state index in [1.54, 1.807) is 12.1 Å². The molecule has 0 amide bonds. The van der Waals surface area contributed by atoms with Crippen LogP contribution in [-0.2, 0) is 11.3 Å². The summed E-state index contributed by atoms with van der Waals surface area (Å²) in [5.74, 6) is 0.841. The molecular weight excluding hydrogens is 262 g/mol. The van der Waals surface area contributed by atoms with Crippen LogP contribution in [0.5, 0.6) is 5.75 Å². The maximum Gasteiger partial charge on any atom is 0.119 e. The molecule has 0 unspecified atom stereocenters. The van der Waals surface area contributed by atoms with Gasteiger partial charge in [0.15, 0.2) is 0 Å². The number of para-hydroxylation sites is 1. The van der Waals surface area contributed by atoms with Crippen molar-refractivity contribution in [3.63, 3.8) is 0 Å². The molecule has 0 aromatic heterocycles. The summed E-state index contributed by atoms with van der Waals surface area (Å²) in [6.07, 6.45) is 0. The summed E-state index contributed by atoms with van der Waals surface area (Å²) in [6, 6.07) is 15.0. The molecule has 0 saturated carbocycles. The van der Waals surface area contributed by atoms with Gasteiger partial charge in [-0.2, -0.15) is 0 Å². The first-order chi connectivity index (χ1) is 9.25. The van der Waals surface area contributed by atoms with Gasteiger partial charge < -0.3 is 15.2 Å². The SMILES string of the molecule is Nc1ccc(Cl)c(COCCOc2ccccc2)c1. The van der Waals surface area contributed by atoms with Gasteiger partial charge in [0.05, 0.1) is 13.2 Å². The van der Waals surface area contributed by atoms with E-state index in [0.29, 0.717) is 30.5 Å². The zero-order valence-electron chi connectivity index (χ0n) is 10.5. The fraction of sp³-hybridized carbons (Fsp3) is 0.200. The lowest BCUT2D eigenvalue weighted by Crippen LogP contribution is -2.07. The number of hydrogen-bond donors (Lipinski definition) is 1. The fourth-order valence-corrected chi connectivity index (χ4v) is 1.79. The molecule has 2 rings (SSSR count). The van der Waals surface area contributed by atoms with Crippen molar-refractivity contribution in [3.05, 3.63) is 59.1 Å². The second-order valence-electron chi connectivity index (χ2n) is 4.06. The van der Waals surface area contributed by atoms with Gasteiger partial charge >= 0.3 is 0 Å². The van der Waals surface area contributed by atoms with Crippen molar-refractivity contribution in [3.8, 4) is 5.75 Å². The van der Waals surface area contributed by atoms with Crippen LogP contribution in [0.1, 0.15) is 5.56 Å². The van der Waals surface area contributed by atoms with Crippen LogP contribution < -0.4 is 10.5 Å². The van der Waals surface area contributed by atoms with Crippen molar-refractivity contribution in [2.24, 2.45) is 0 Å². The Bertz CT molecular complexity index is 517. The average Bonchev–Trinajstić information content (AvgIpc) is 2.43. The van der Waals surface area contributed by atoms with Gasteiger partial charge in [0, 0.05) is 10.7 Å². The Kier molecular flexibility index (Phi) is 5.07. The molecule has 0 saturated heterocycles. The number of ether oxygens (including phenoxy) is 2. The number of hydrogen-bond acceptors (Lipinski definition) is 3. The van der Waals surface area contributed by atoms with Gasteiger partial charge in [-0.3, -0.25) is 0 Å². The molecule has 19 heavy (non-hydrogen) atoms. The molecule has 2 aromatic carbocycles. The quantitative estimate of drug-likeness (QED) is 0.649. The molecule has 0 radical (unpaired) electrons. The number of nitrogens with two attached hydrogens (primary N) is 1. The van der Waals surface area contributed by atoms with Crippen LogP contribution in [0.2, 0.25) is 5.02 Å². The highest BCUT2D eigenvalue weighted by Crippen LogP contribution is 2.19. The van der Waals surface area contributed by atoms with Crippen LogP contribution >= 0.6 is 11.6 Å². The van der Waals surface area contributed by atoms with E-state index in [0.717, 1.165) is 11.3 Å². The Morgan fingerprint density at radius 2 is 1.79 bits per heavy atom. The maximum absolute atomic E-state index is 6.04. The minimum atomic E-state index is 0.433. The molecule has 3 nitrogen and oxygen atoms in total. The van der Waals surface area contributed by atoms with Gasteiger partial charge in [-0.25, -0.2) is 0 Å². The first kappa shape index (κ1) is 13.7. The van der Waals surface area contributed by atoms with E-state index in [4.69, 9.17) is 26.8 Å². The molecule has 0 spiro atoms. The molecule has 100 valence electrons. The molecular formula is C15H16ClNO2. The third-order valence-electron chi connectivity index (χ3n) is 2.57. The van der Waals surface area contributed by atoms with Crippen LogP contribution in [-0.4, -0.2) is 13.2 Å². The second-order valence-corrected chi connectivity index (χ2v) is 4.47. The van der Waals surface area contributed by atoms with E-state index in [-0.39, 0.29) is 0 Å². The normalized spacial score (nSPS) is 10.4. The van der Waals surface area contributed by atoms with Crippen LogP contribution in [0.15, 0.2) is 48.5 Å². The highest BCUT2D eigenvalue weighted by atomic mass is 35.5. The van der Waals surface area contributed by atoms with Gasteiger partial charge in [0.1, 0.15) is 12.4 Å². The standard InChI is InChI=1S/C15H16ClNO2/c16-15-7-6-13(17)10-12(15)11-18-8-9-19-14-4-2-1-3-5-14/h1-7,10H,8-9,11,17H2. The van der Waals surface area contributed by atoms with Gasteiger partial charge in [0.2, 0.25) is 0 Å².